The van der Waals surface area contributed by atoms with Crippen molar-refractivity contribution < 1.29 is 4.42 Å². The first-order valence-electron chi connectivity index (χ1n) is 21.6. The van der Waals surface area contributed by atoms with Crippen LogP contribution in [0, 0.1) is 0 Å². The second-order valence-corrected chi connectivity index (χ2v) is 16.5. The first-order valence-corrected chi connectivity index (χ1v) is 21.6. The fraction of sp³-hybridized carbons (Fsp3) is 0. The van der Waals surface area contributed by atoms with E-state index in [9.17, 15) is 0 Å². The summed E-state index contributed by atoms with van der Waals surface area (Å²) in [4.78, 5) is 2.37. The molecule has 0 amide bonds. The van der Waals surface area contributed by atoms with E-state index in [0.29, 0.717) is 0 Å². The van der Waals surface area contributed by atoms with Gasteiger partial charge in [0.25, 0.3) is 0 Å². The monoisotopic (exact) mass is 802 g/mol. The van der Waals surface area contributed by atoms with Crippen LogP contribution in [0.4, 0.5) is 17.1 Å². The molecule has 13 aromatic rings. The predicted octanol–water partition coefficient (Wildman–Crippen LogP) is 16.9. The van der Waals surface area contributed by atoms with Gasteiger partial charge in [-0.15, -0.1) is 0 Å². The number of furan rings is 1. The number of hydrogen-bond donors (Lipinski definition) is 0. The van der Waals surface area contributed by atoms with E-state index in [2.05, 4.69) is 240 Å². The van der Waals surface area contributed by atoms with Crippen LogP contribution in [0.2, 0.25) is 0 Å². The van der Waals surface area contributed by atoms with Crippen LogP contribution in [0.1, 0.15) is 0 Å². The molecule has 0 spiro atoms. The van der Waals surface area contributed by atoms with Gasteiger partial charge < -0.3 is 13.9 Å². The highest BCUT2D eigenvalue weighted by Gasteiger charge is 2.17. The van der Waals surface area contributed by atoms with E-state index in [1.54, 1.807) is 0 Å². The van der Waals surface area contributed by atoms with E-state index in [4.69, 9.17) is 4.42 Å². The van der Waals surface area contributed by atoms with Crippen LogP contribution in [0.5, 0.6) is 0 Å². The molecule has 3 nitrogen and oxygen atoms in total. The third-order valence-electron chi connectivity index (χ3n) is 13.0. The van der Waals surface area contributed by atoms with Crippen LogP contribution in [0.3, 0.4) is 0 Å². The van der Waals surface area contributed by atoms with Gasteiger partial charge in [0.15, 0.2) is 0 Å². The fourth-order valence-electron chi connectivity index (χ4n) is 9.89. The van der Waals surface area contributed by atoms with E-state index < -0.39 is 0 Å². The maximum absolute atomic E-state index is 6.56. The maximum Gasteiger partial charge on any atom is 0.143 e. The lowest BCUT2D eigenvalue weighted by Gasteiger charge is -2.26. The average Bonchev–Trinajstić information content (AvgIpc) is 3.90. The summed E-state index contributed by atoms with van der Waals surface area (Å²) in [6.07, 6.45) is 0. The molecule has 13 rings (SSSR count). The van der Waals surface area contributed by atoms with Gasteiger partial charge in [-0.25, -0.2) is 0 Å². The Bertz CT molecular complexity index is 3860. The molecule has 0 atom stereocenters. The summed E-state index contributed by atoms with van der Waals surface area (Å²) in [6.45, 7) is 0. The van der Waals surface area contributed by atoms with Gasteiger partial charge in [-0.2, -0.15) is 0 Å². The topological polar surface area (TPSA) is 21.3 Å². The summed E-state index contributed by atoms with van der Waals surface area (Å²) in [5.74, 6) is 0. The van der Waals surface area contributed by atoms with Gasteiger partial charge in [0.2, 0.25) is 0 Å². The zero-order valence-corrected chi connectivity index (χ0v) is 34.2. The van der Waals surface area contributed by atoms with Crippen molar-refractivity contribution >= 4 is 93.1 Å². The van der Waals surface area contributed by atoms with E-state index in [1.807, 2.05) is 0 Å². The molecule has 0 unspecified atom stereocenters. The SMILES string of the molecule is c1cc(-c2ccc(N(c3ccc(-c4ccc5c(c4)oc4c6ccccc6ccc54)cc3)c3ccc4ccc5ccccc5c4c3)cc2)cc(-n2c3ccccc3c3ccccc32)c1. The lowest BCUT2D eigenvalue weighted by Crippen LogP contribution is -2.09. The van der Waals surface area contributed by atoms with Crippen molar-refractivity contribution in [2.24, 2.45) is 0 Å². The molecule has 0 aliphatic rings. The van der Waals surface area contributed by atoms with E-state index in [1.165, 1.54) is 54.3 Å². The Morgan fingerprint density at radius 1 is 0.302 bits per heavy atom. The Morgan fingerprint density at radius 3 is 1.51 bits per heavy atom. The molecule has 0 saturated heterocycles. The highest BCUT2D eigenvalue weighted by Crippen LogP contribution is 2.41. The average molecular weight is 803 g/mol. The van der Waals surface area contributed by atoms with Crippen molar-refractivity contribution in [1.82, 2.24) is 4.57 Å². The summed E-state index contributed by atoms with van der Waals surface area (Å²) in [5, 5.41) is 12.1. The molecule has 0 aliphatic carbocycles. The molecule has 0 bridgehead atoms. The molecule has 0 N–H and O–H groups in total. The molecule has 3 heteroatoms. The van der Waals surface area contributed by atoms with Gasteiger partial charge in [0, 0.05) is 49.7 Å². The molecular formula is C60H38N2O. The van der Waals surface area contributed by atoms with Crippen molar-refractivity contribution in [3.63, 3.8) is 0 Å². The lowest BCUT2D eigenvalue weighted by molar-refractivity contribution is 0.673. The molecule has 0 fully saturated rings. The van der Waals surface area contributed by atoms with E-state index in [0.717, 1.165) is 66.8 Å². The van der Waals surface area contributed by atoms with Gasteiger partial charge in [0.1, 0.15) is 11.2 Å². The molecule has 294 valence electrons. The summed E-state index contributed by atoms with van der Waals surface area (Å²) in [5.41, 5.74) is 13.2. The first kappa shape index (κ1) is 35.4. The second-order valence-electron chi connectivity index (χ2n) is 16.5. The van der Waals surface area contributed by atoms with Crippen LogP contribution in [-0.2, 0) is 0 Å². The third kappa shape index (κ3) is 5.75. The molecular weight excluding hydrogens is 765 g/mol. The van der Waals surface area contributed by atoms with Crippen LogP contribution in [0.25, 0.3) is 104 Å². The Kier molecular flexibility index (Phi) is 7.91. The zero-order valence-electron chi connectivity index (χ0n) is 34.2. The smallest absolute Gasteiger partial charge is 0.143 e. The molecule has 0 aliphatic heterocycles. The normalized spacial score (nSPS) is 11.8. The number of aromatic nitrogens is 1. The maximum atomic E-state index is 6.56. The molecule has 63 heavy (non-hydrogen) atoms. The Morgan fingerprint density at radius 2 is 0.810 bits per heavy atom. The lowest BCUT2D eigenvalue weighted by atomic mass is 10.00. The number of rotatable bonds is 6. The molecule has 2 heterocycles. The third-order valence-corrected chi connectivity index (χ3v) is 13.0. The summed E-state index contributed by atoms with van der Waals surface area (Å²) in [7, 11) is 0. The van der Waals surface area contributed by atoms with E-state index >= 15 is 0 Å². The van der Waals surface area contributed by atoms with Crippen molar-refractivity contribution in [3.8, 4) is 27.9 Å². The minimum absolute atomic E-state index is 0.897. The highest BCUT2D eigenvalue weighted by atomic mass is 16.3. The molecule has 11 aromatic carbocycles. The minimum atomic E-state index is 0.897. The number of fused-ring (bicyclic) bond motifs is 11. The van der Waals surface area contributed by atoms with Gasteiger partial charge >= 0.3 is 0 Å². The van der Waals surface area contributed by atoms with Gasteiger partial charge in [0.05, 0.1) is 11.0 Å². The Labute approximate surface area is 363 Å². The van der Waals surface area contributed by atoms with E-state index in [-0.39, 0.29) is 0 Å². The minimum Gasteiger partial charge on any atom is -0.455 e. The van der Waals surface area contributed by atoms with Crippen molar-refractivity contribution in [1.29, 1.82) is 0 Å². The fourth-order valence-corrected chi connectivity index (χ4v) is 9.89. The van der Waals surface area contributed by atoms with Crippen molar-refractivity contribution in [2.45, 2.75) is 0 Å². The Balaban J connectivity index is 0.898. The number of benzene rings is 11. The largest absolute Gasteiger partial charge is 0.455 e. The summed E-state index contributed by atoms with van der Waals surface area (Å²) in [6, 6.07) is 83.5. The van der Waals surface area contributed by atoms with Gasteiger partial charge in [-0.05, 0) is 128 Å². The van der Waals surface area contributed by atoms with Crippen LogP contribution in [-0.4, -0.2) is 4.57 Å². The van der Waals surface area contributed by atoms with Gasteiger partial charge in [-0.3, -0.25) is 0 Å². The van der Waals surface area contributed by atoms with Crippen LogP contribution in [0.15, 0.2) is 235 Å². The van der Waals surface area contributed by atoms with Crippen LogP contribution < -0.4 is 4.90 Å². The molecule has 0 saturated carbocycles. The van der Waals surface area contributed by atoms with Crippen LogP contribution >= 0.6 is 0 Å². The number of anilines is 3. The number of hydrogen-bond acceptors (Lipinski definition) is 2. The summed E-state index contributed by atoms with van der Waals surface area (Å²) >= 11 is 0. The first-order chi connectivity index (χ1) is 31.2. The van der Waals surface area contributed by atoms with Crippen molar-refractivity contribution in [2.75, 3.05) is 4.90 Å². The molecule has 2 aromatic heterocycles. The zero-order chi connectivity index (χ0) is 41.4. The number of para-hydroxylation sites is 2. The molecule has 0 radical (unpaired) electrons. The summed E-state index contributed by atoms with van der Waals surface area (Å²) < 4.78 is 8.95. The number of nitrogens with zero attached hydrogens (tertiary/aromatic N) is 2. The van der Waals surface area contributed by atoms with Gasteiger partial charge in [-0.1, -0.05) is 152 Å². The second kappa shape index (κ2) is 14.1. The standard InChI is InChI=1S/C60H38N2O/c1-3-14-50-41(10-1)20-21-43-26-33-49(38-56(43)50)61(47-31-24-40(25-32-47)45-28-34-54-55-35-27-42-11-2-4-15-51(42)60(55)63-59(54)37-45)46-29-22-39(23-30-46)44-12-9-13-48(36-44)62-57-18-7-5-16-52(57)53-17-6-8-19-58(53)62/h1-38H. The Hall–Kier alpha value is -8.40. The highest BCUT2D eigenvalue weighted by molar-refractivity contribution is 6.15. The predicted molar refractivity (Wildman–Crippen MR) is 266 cm³/mol. The van der Waals surface area contributed by atoms with Crippen molar-refractivity contribution in [3.05, 3.63) is 231 Å². The quantitative estimate of drug-likeness (QED) is 0.156.